The Morgan fingerprint density at radius 2 is 1.77 bits per heavy atom. The molecule has 0 bridgehead atoms. The van der Waals surface area contributed by atoms with Crippen LogP contribution in [0, 0.1) is 0 Å². The standard InChI is InChI=1S/C19H14F3N3O/c20-19(21,22)13-6-3-5-12(11-13)17(26)14-7-1-2-9-16(14)25-18-15(23)8-4-10-24-18/h1-11H,23H2,(H,24,25). The molecule has 132 valence electrons. The van der Waals surface area contributed by atoms with Gasteiger partial charge >= 0.3 is 6.18 Å². The Hall–Kier alpha value is -3.35. The van der Waals surface area contributed by atoms with Gasteiger partial charge in [-0.2, -0.15) is 13.2 Å². The highest BCUT2D eigenvalue weighted by Crippen LogP contribution is 2.31. The molecule has 0 fully saturated rings. The molecule has 3 aromatic rings. The van der Waals surface area contributed by atoms with E-state index in [1.807, 2.05) is 0 Å². The van der Waals surface area contributed by atoms with Crippen molar-refractivity contribution in [2.45, 2.75) is 6.18 Å². The lowest BCUT2D eigenvalue weighted by molar-refractivity contribution is -0.137. The van der Waals surface area contributed by atoms with Gasteiger partial charge < -0.3 is 11.1 Å². The summed E-state index contributed by atoms with van der Waals surface area (Å²) < 4.78 is 38.7. The second kappa shape index (κ2) is 6.87. The number of nitrogen functional groups attached to an aromatic ring is 1. The number of carbonyl (C=O) groups is 1. The number of benzene rings is 2. The normalized spacial score (nSPS) is 11.2. The number of pyridine rings is 1. The highest BCUT2D eigenvalue weighted by Gasteiger charge is 2.31. The number of nitrogens with one attached hydrogen (secondary N) is 1. The highest BCUT2D eigenvalue weighted by molar-refractivity contribution is 6.12. The van der Waals surface area contributed by atoms with Crippen molar-refractivity contribution in [1.82, 2.24) is 4.98 Å². The fourth-order valence-electron chi connectivity index (χ4n) is 2.43. The molecule has 0 aliphatic heterocycles. The summed E-state index contributed by atoms with van der Waals surface area (Å²) in [6, 6.07) is 14.1. The van der Waals surface area contributed by atoms with Gasteiger partial charge in [0, 0.05) is 17.3 Å². The first kappa shape index (κ1) is 17.5. The molecule has 7 heteroatoms. The van der Waals surface area contributed by atoms with Crippen molar-refractivity contribution in [3.63, 3.8) is 0 Å². The molecular weight excluding hydrogens is 343 g/mol. The van der Waals surface area contributed by atoms with E-state index in [-0.39, 0.29) is 11.1 Å². The number of hydrogen-bond donors (Lipinski definition) is 2. The summed E-state index contributed by atoms with van der Waals surface area (Å²) in [5.41, 5.74) is 5.92. The lowest BCUT2D eigenvalue weighted by Gasteiger charge is -2.13. The van der Waals surface area contributed by atoms with Gasteiger partial charge in [-0.1, -0.05) is 24.3 Å². The number of para-hydroxylation sites is 1. The van der Waals surface area contributed by atoms with Gasteiger partial charge in [0.15, 0.2) is 11.6 Å². The van der Waals surface area contributed by atoms with Gasteiger partial charge in [-0.05, 0) is 36.4 Å². The van der Waals surface area contributed by atoms with Crippen LogP contribution in [0.4, 0.5) is 30.4 Å². The van der Waals surface area contributed by atoms with Crippen molar-refractivity contribution < 1.29 is 18.0 Å². The summed E-state index contributed by atoms with van der Waals surface area (Å²) in [6.07, 6.45) is -2.98. The second-order valence-electron chi connectivity index (χ2n) is 5.52. The van der Waals surface area contributed by atoms with E-state index in [2.05, 4.69) is 10.3 Å². The van der Waals surface area contributed by atoms with Gasteiger partial charge in [0.2, 0.25) is 0 Å². The Balaban J connectivity index is 1.98. The van der Waals surface area contributed by atoms with Crippen LogP contribution in [0.15, 0.2) is 66.9 Å². The topological polar surface area (TPSA) is 68.0 Å². The molecular formula is C19H14F3N3O. The summed E-state index contributed by atoms with van der Waals surface area (Å²) in [5, 5.41) is 2.96. The van der Waals surface area contributed by atoms with E-state index in [1.54, 1.807) is 30.3 Å². The van der Waals surface area contributed by atoms with Crippen LogP contribution in [0.5, 0.6) is 0 Å². The highest BCUT2D eigenvalue weighted by atomic mass is 19.4. The van der Waals surface area contributed by atoms with E-state index in [1.165, 1.54) is 24.4 Å². The molecule has 0 amide bonds. The third kappa shape index (κ3) is 3.66. The lowest BCUT2D eigenvalue weighted by atomic mass is 9.99. The Bertz CT molecular complexity index is 955. The van der Waals surface area contributed by atoms with E-state index in [4.69, 9.17) is 5.73 Å². The summed E-state index contributed by atoms with van der Waals surface area (Å²) in [7, 11) is 0. The van der Waals surface area contributed by atoms with Gasteiger partial charge in [-0.25, -0.2) is 4.98 Å². The van der Waals surface area contributed by atoms with Crippen LogP contribution < -0.4 is 11.1 Å². The van der Waals surface area contributed by atoms with Gasteiger partial charge in [0.1, 0.15) is 0 Å². The molecule has 0 unspecified atom stereocenters. The molecule has 3 rings (SSSR count). The molecule has 0 atom stereocenters. The molecule has 2 aromatic carbocycles. The summed E-state index contributed by atoms with van der Waals surface area (Å²) in [6.45, 7) is 0. The minimum Gasteiger partial charge on any atom is -0.396 e. The van der Waals surface area contributed by atoms with E-state index in [0.717, 1.165) is 12.1 Å². The van der Waals surface area contributed by atoms with Crippen LogP contribution in [0.1, 0.15) is 21.5 Å². The molecule has 3 N–H and O–H groups in total. The van der Waals surface area contributed by atoms with Crippen molar-refractivity contribution in [2.24, 2.45) is 0 Å². The maximum atomic E-state index is 12.9. The third-order valence-corrected chi connectivity index (χ3v) is 3.72. The second-order valence-corrected chi connectivity index (χ2v) is 5.52. The first-order valence-electron chi connectivity index (χ1n) is 7.65. The molecule has 4 nitrogen and oxygen atoms in total. The first-order valence-corrected chi connectivity index (χ1v) is 7.65. The lowest BCUT2D eigenvalue weighted by Crippen LogP contribution is -2.10. The van der Waals surface area contributed by atoms with Crippen LogP contribution in [-0.2, 0) is 6.18 Å². The molecule has 0 saturated heterocycles. The number of anilines is 3. The maximum Gasteiger partial charge on any atom is 0.416 e. The monoisotopic (exact) mass is 357 g/mol. The molecule has 0 aliphatic carbocycles. The molecule has 0 spiro atoms. The van der Waals surface area contributed by atoms with Gasteiger partial charge in [0.25, 0.3) is 0 Å². The Kier molecular flexibility index (Phi) is 4.62. The smallest absolute Gasteiger partial charge is 0.396 e. The average Bonchev–Trinajstić information content (AvgIpc) is 2.63. The largest absolute Gasteiger partial charge is 0.416 e. The van der Waals surface area contributed by atoms with Gasteiger partial charge in [0.05, 0.1) is 16.9 Å². The number of ketones is 1. The number of halogens is 3. The van der Waals surface area contributed by atoms with E-state index < -0.39 is 17.5 Å². The van der Waals surface area contributed by atoms with Gasteiger partial charge in [-0.15, -0.1) is 0 Å². The molecule has 1 aromatic heterocycles. The zero-order valence-corrected chi connectivity index (χ0v) is 13.4. The van der Waals surface area contributed by atoms with Crippen LogP contribution in [-0.4, -0.2) is 10.8 Å². The zero-order chi connectivity index (χ0) is 18.7. The van der Waals surface area contributed by atoms with Crippen LogP contribution in [0.3, 0.4) is 0 Å². The van der Waals surface area contributed by atoms with Crippen molar-refractivity contribution in [1.29, 1.82) is 0 Å². The van der Waals surface area contributed by atoms with E-state index in [0.29, 0.717) is 17.2 Å². The number of carbonyl (C=O) groups excluding carboxylic acids is 1. The quantitative estimate of drug-likeness (QED) is 0.667. The maximum absolute atomic E-state index is 12.9. The average molecular weight is 357 g/mol. The Morgan fingerprint density at radius 1 is 1.00 bits per heavy atom. The first-order chi connectivity index (χ1) is 12.4. The number of nitrogens with zero attached hydrogens (tertiary/aromatic N) is 1. The number of hydrogen-bond acceptors (Lipinski definition) is 4. The fraction of sp³-hybridized carbons (Fsp3) is 0.0526. The molecule has 0 radical (unpaired) electrons. The number of alkyl halides is 3. The predicted molar refractivity (Wildman–Crippen MR) is 93.3 cm³/mol. The van der Waals surface area contributed by atoms with Crippen molar-refractivity contribution >= 4 is 23.0 Å². The zero-order valence-electron chi connectivity index (χ0n) is 13.4. The number of rotatable bonds is 4. The van der Waals surface area contributed by atoms with Crippen LogP contribution in [0.2, 0.25) is 0 Å². The Labute approximate surface area is 147 Å². The number of aromatic nitrogens is 1. The Morgan fingerprint density at radius 3 is 2.50 bits per heavy atom. The van der Waals surface area contributed by atoms with Crippen molar-refractivity contribution in [2.75, 3.05) is 11.1 Å². The summed E-state index contributed by atoms with van der Waals surface area (Å²) >= 11 is 0. The van der Waals surface area contributed by atoms with E-state index in [9.17, 15) is 18.0 Å². The van der Waals surface area contributed by atoms with Crippen molar-refractivity contribution in [3.8, 4) is 0 Å². The SMILES string of the molecule is Nc1cccnc1Nc1ccccc1C(=O)c1cccc(C(F)(F)F)c1. The van der Waals surface area contributed by atoms with Gasteiger partial charge in [-0.3, -0.25) is 4.79 Å². The predicted octanol–water partition coefficient (Wildman–Crippen LogP) is 4.66. The minimum absolute atomic E-state index is 0.0527. The summed E-state index contributed by atoms with van der Waals surface area (Å²) in [5.74, 6) is -0.175. The van der Waals surface area contributed by atoms with Crippen molar-refractivity contribution in [3.05, 3.63) is 83.6 Å². The molecule has 1 heterocycles. The minimum atomic E-state index is -4.52. The summed E-state index contributed by atoms with van der Waals surface area (Å²) in [4.78, 5) is 16.9. The van der Waals surface area contributed by atoms with Crippen LogP contribution in [0.25, 0.3) is 0 Å². The van der Waals surface area contributed by atoms with E-state index >= 15 is 0 Å². The molecule has 0 saturated carbocycles. The molecule has 26 heavy (non-hydrogen) atoms. The third-order valence-electron chi connectivity index (χ3n) is 3.72. The number of nitrogens with two attached hydrogens (primary N) is 1. The molecule has 0 aliphatic rings. The van der Waals surface area contributed by atoms with Crippen LogP contribution >= 0.6 is 0 Å². The fourth-order valence-corrected chi connectivity index (χ4v) is 2.43.